The maximum absolute atomic E-state index is 12.0. The summed E-state index contributed by atoms with van der Waals surface area (Å²) in [5.74, 6) is -0.854. The number of nitrogens with zero attached hydrogens (tertiary/aromatic N) is 1. The molecule has 0 aromatic carbocycles. The van der Waals surface area contributed by atoms with Gasteiger partial charge in [0, 0.05) is 6.04 Å². The molecule has 0 saturated heterocycles. The Balaban J connectivity index is 2.44. The molecule has 1 unspecified atom stereocenters. The average molecular weight is 285 g/mol. The van der Waals surface area contributed by atoms with Crippen molar-refractivity contribution in [2.24, 2.45) is 0 Å². The summed E-state index contributed by atoms with van der Waals surface area (Å²) in [6, 6.07) is -0.180. The van der Waals surface area contributed by atoms with Gasteiger partial charge < -0.3 is 20.6 Å². The number of hydrogen-bond acceptors (Lipinski definition) is 3. The molecule has 0 aromatic heterocycles. The van der Waals surface area contributed by atoms with Crippen LogP contribution in [0.25, 0.3) is 0 Å². The van der Waals surface area contributed by atoms with Gasteiger partial charge in [-0.1, -0.05) is 12.8 Å². The Morgan fingerprint density at radius 2 is 1.90 bits per heavy atom. The number of nitrogens with one attached hydrogen (secondary N) is 2. The monoisotopic (exact) mass is 285 g/mol. The summed E-state index contributed by atoms with van der Waals surface area (Å²) in [4.78, 5) is 25.0. The summed E-state index contributed by atoms with van der Waals surface area (Å²) in [5.41, 5.74) is -0.558. The molecule has 0 spiro atoms. The van der Waals surface area contributed by atoms with E-state index in [0.717, 1.165) is 38.6 Å². The predicted molar refractivity (Wildman–Crippen MR) is 77.8 cm³/mol. The molecule has 1 rings (SSSR count). The molecule has 3 N–H and O–H groups in total. The van der Waals surface area contributed by atoms with Crippen molar-refractivity contribution >= 4 is 12.0 Å². The largest absolute Gasteiger partial charge is 0.481 e. The lowest BCUT2D eigenvalue weighted by Gasteiger charge is -2.29. The highest BCUT2D eigenvalue weighted by Gasteiger charge is 2.37. The van der Waals surface area contributed by atoms with Gasteiger partial charge in [0.05, 0.1) is 12.0 Å². The number of amides is 2. The number of aliphatic carboxylic acids is 1. The van der Waals surface area contributed by atoms with E-state index in [-0.39, 0.29) is 18.5 Å². The van der Waals surface area contributed by atoms with Crippen LogP contribution < -0.4 is 10.6 Å². The number of carboxylic acid groups (broad SMARTS) is 1. The number of carbonyl (C=O) groups excluding carboxylic acids is 1. The van der Waals surface area contributed by atoms with Crippen LogP contribution in [-0.2, 0) is 4.79 Å². The SMILES string of the molecule is CC(CCN(C)C)NC(=O)NC1(CC(=O)O)CCCC1. The van der Waals surface area contributed by atoms with Crippen LogP contribution in [-0.4, -0.2) is 54.2 Å². The third kappa shape index (κ3) is 5.77. The van der Waals surface area contributed by atoms with E-state index in [0.29, 0.717) is 0 Å². The first kappa shape index (κ1) is 16.8. The molecule has 1 aliphatic carbocycles. The smallest absolute Gasteiger partial charge is 0.315 e. The normalized spacial score (nSPS) is 18.8. The fourth-order valence-corrected chi connectivity index (χ4v) is 2.71. The molecule has 0 heterocycles. The topological polar surface area (TPSA) is 81.7 Å². The van der Waals surface area contributed by atoms with Gasteiger partial charge in [0.15, 0.2) is 0 Å². The van der Waals surface area contributed by atoms with E-state index in [1.807, 2.05) is 21.0 Å². The van der Waals surface area contributed by atoms with E-state index in [2.05, 4.69) is 15.5 Å². The fourth-order valence-electron chi connectivity index (χ4n) is 2.71. The quantitative estimate of drug-likeness (QED) is 0.660. The van der Waals surface area contributed by atoms with Gasteiger partial charge in [0.25, 0.3) is 0 Å². The minimum absolute atomic E-state index is 0.00645. The number of carbonyl (C=O) groups is 2. The van der Waals surface area contributed by atoms with E-state index in [4.69, 9.17) is 5.11 Å². The summed E-state index contributed by atoms with van der Waals surface area (Å²) in [6.45, 7) is 2.86. The Morgan fingerprint density at radius 1 is 1.30 bits per heavy atom. The van der Waals surface area contributed by atoms with Crippen LogP contribution in [0.3, 0.4) is 0 Å². The summed E-state index contributed by atoms with van der Waals surface area (Å²) in [6.07, 6.45) is 4.32. The molecule has 1 aliphatic rings. The van der Waals surface area contributed by atoms with E-state index in [1.54, 1.807) is 0 Å². The number of rotatable bonds is 7. The molecule has 1 atom stereocenters. The molecule has 0 aliphatic heterocycles. The van der Waals surface area contributed by atoms with Crippen LogP contribution in [0.4, 0.5) is 4.79 Å². The molecule has 116 valence electrons. The summed E-state index contributed by atoms with van der Waals surface area (Å²) < 4.78 is 0. The zero-order chi connectivity index (χ0) is 15.2. The van der Waals surface area contributed by atoms with Crippen molar-refractivity contribution in [2.75, 3.05) is 20.6 Å². The average Bonchev–Trinajstić information content (AvgIpc) is 2.73. The second-order valence-electron chi connectivity index (χ2n) is 6.15. The minimum atomic E-state index is -0.854. The predicted octanol–water partition coefficient (Wildman–Crippen LogP) is 1.41. The molecule has 0 bridgehead atoms. The molecule has 1 saturated carbocycles. The standard InChI is InChI=1S/C14H27N3O3/c1-11(6-9-17(2)3)15-13(20)16-14(10-12(18)19)7-4-5-8-14/h11H,4-10H2,1-3H3,(H,18,19)(H2,15,16,20). The van der Waals surface area contributed by atoms with Crippen LogP contribution in [0, 0.1) is 0 Å². The first-order valence-electron chi connectivity index (χ1n) is 7.28. The van der Waals surface area contributed by atoms with E-state index < -0.39 is 11.5 Å². The first-order chi connectivity index (χ1) is 9.33. The van der Waals surface area contributed by atoms with Crippen molar-refractivity contribution in [2.45, 2.75) is 57.0 Å². The van der Waals surface area contributed by atoms with Crippen molar-refractivity contribution in [1.82, 2.24) is 15.5 Å². The Morgan fingerprint density at radius 3 is 2.40 bits per heavy atom. The highest BCUT2D eigenvalue weighted by atomic mass is 16.4. The molecule has 20 heavy (non-hydrogen) atoms. The van der Waals surface area contributed by atoms with Gasteiger partial charge in [-0.05, 0) is 46.8 Å². The van der Waals surface area contributed by atoms with Crippen LogP contribution in [0.2, 0.25) is 0 Å². The maximum Gasteiger partial charge on any atom is 0.315 e. The van der Waals surface area contributed by atoms with E-state index in [9.17, 15) is 9.59 Å². The van der Waals surface area contributed by atoms with Gasteiger partial charge >= 0.3 is 12.0 Å². The van der Waals surface area contributed by atoms with Crippen molar-refractivity contribution in [3.8, 4) is 0 Å². The first-order valence-corrected chi connectivity index (χ1v) is 7.28. The lowest BCUT2D eigenvalue weighted by molar-refractivity contribution is -0.138. The second kappa shape index (κ2) is 7.47. The second-order valence-corrected chi connectivity index (χ2v) is 6.15. The molecule has 1 fully saturated rings. The minimum Gasteiger partial charge on any atom is -0.481 e. The molecule has 6 nitrogen and oxygen atoms in total. The zero-order valence-corrected chi connectivity index (χ0v) is 12.7. The number of carboxylic acids is 1. The molecule has 0 aromatic rings. The highest BCUT2D eigenvalue weighted by Crippen LogP contribution is 2.32. The Labute approximate surface area is 120 Å². The van der Waals surface area contributed by atoms with E-state index in [1.165, 1.54) is 0 Å². The lowest BCUT2D eigenvalue weighted by atomic mass is 9.93. The van der Waals surface area contributed by atoms with Gasteiger partial charge in [-0.15, -0.1) is 0 Å². The maximum atomic E-state index is 12.0. The third-order valence-corrected chi connectivity index (χ3v) is 3.82. The van der Waals surface area contributed by atoms with Crippen molar-refractivity contribution in [1.29, 1.82) is 0 Å². The molecule has 6 heteroatoms. The third-order valence-electron chi connectivity index (χ3n) is 3.82. The van der Waals surface area contributed by atoms with Gasteiger partial charge in [0.1, 0.15) is 0 Å². The molecular formula is C14H27N3O3. The van der Waals surface area contributed by atoms with Crippen molar-refractivity contribution in [3.05, 3.63) is 0 Å². The van der Waals surface area contributed by atoms with Crippen LogP contribution in [0.1, 0.15) is 45.4 Å². The van der Waals surface area contributed by atoms with Gasteiger partial charge in [-0.25, -0.2) is 4.79 Å². The van der Waals surface area contributed by atoms with Crippen LogP contribution in [0.15, 0.2) is 0 Å². The molecule has 2 amide bonds. The Kier molecular flexibility index (Phi) is 6.26. The summed E-state index contributed by atoms with van der Waals surface area (Å²) in [7, 11) is 3.99. The summed E-state index contributed by atoms with van der Waals surface area (Å²) in [5, 5.41) is 14.8. The number of urea groups is 1. The van der Waals surface area contributed by atoms with E-state index >= 15 is 0 Å². The van der Waals surface area contributed by atoms with Crippen molar-refractivity contribution < 1.29 is 14.7 Å². The van der Waals surface area contributed by atoms with Gasteiger partial charge in [0.2, 0.25) is 0 Å². The van der Waals surface area contributed by atoms with Gasteiger partial charge in [-0.2, -0.15) is 0 Å². The highest BCUT2D eigenvalue weighted by molar-refractivity contribution is 5.77. The lowest BCUT2D eigenvalue weighted by Crippen LogP contribution is -2.53. The summed E-state index contributed by atoms with van der Waals surface area (Å²) >= 11 is 0. The Hall–Kier alpha value is -1.30. The molecule has 0 radical (unpaired) electrons. The zero-order valence-electron chi connectivity index (χ0n) is 12.7. The number of hydrogen-bond donors (Lipinski definition) is 3. The fraction of sp³-hybridized carbons (Fsp3) is 0.857. The van der Waals surface area contributed by atoms with Gasteiger partial charge in [-0.3, -0.25) is 4.79 Å². The van der Waals surface area contributed by atoms with Crippen molar-refractivity contribution in [3.63, 3.8) is 0 Å². The molecular weight excluding hydrogens is 258 g/mol. The Bertz CT molecular complexity index is 339. The van der Waals surface area contributed by atoms with Crippen LogP contribution in [0.5, 0.6) is 0 Å². The van der Waals surface area contributed by atoms with Crippen LogP contribution >= 0.6 is 0 Å².